The predicted octanol–water partition coefficient (Wildman–Crippen LogP) is 2.61. The van der Waals surface area contributed by atoms with Crippen LogP contribution >= 0.6 is 0 Å². The van der Waals surface area contributed by atoms with Gasteiger partial charge in [0.15, 0.2) is 6.54 Å². The van der Waals surface area contributed by atoms with Gasteiger partial charge in [0.05, 0.1) is 4.90 Å². The molecule has 2 aromatic carbocycles. The molecule has 0 unspecified atom stereocenters. The Bertz CT molecular complexity index is 895. The largest absolute Gasteiger partial charge is 0.332 e. The van der Waals surface area contributed by atoms with Crippen molar-refractivity contribution in [1.29, 1.82) is 0 Å². The molecule has 2 rings (SSSR count). The Morgan fingerprint density at radius 2 is 1.59 bits per heavy atom. The molecule has 0 radical (unpaired) electrons. The summed E-state index contributed by atoms with van der Waals surface area (Å²) in [6.45, 7) is 8.21. The first-order chi connectivity index (χ1) is 13.6. The molecular formula is C22H32N3O3S+. The van der Waals surface area contributed by atoms with Gasteiger partial charge in [0.1, 0.15) is 6.04 Å². The van der Waals surface area contributed by atoms with E-state index in [1.807, 2.05) is 37.4 Å². The quantitative estimate of drug-likeness (QED) is 0.657. The van der Waals surface area contributed by atoms with Gasteiger partial charge in [-0.3, -0.25) is 4.79 Å². The fraction of sp³-hybridized carbons (Fsp3) is 0.409. The average molecular weight is 419 g/mol. The highest BCUT2D eigenvalue weighted by atomic mass is 32.2. The second-order valence-electron chi connectivity index (χ2n) is 7.81. The fourth-order valence-electron chi connectivity index (χ4n) is 3.07. The summed E-state index contributed by atoms with van der Waals surface area (Å²) in [5, 5.41) is 4.87. The molecule has 0 spiro atoms. The average Bonchev–Trinajstić information content (AvgIpc) is 2.68. The van der Waals surface area contributed by atoms with Crippen LogP contribution in [0.4, 0.5) is 5.69 Å². The van der Waals surface area contributed by atoms with Crippen molar-refractivity contribution in [2.75, 3.05) is 18.9 Å². The van der Waals surface area contributed by atoms with Crippen LogP contribution in [0, 0.1) is 5.92 Å². The molecule has 2 aromatic rings. The fourth-order valence-corrected chi connectivity index (χ4v) is 4.44. The Balaban J connectivity index is 1.99. The number of nitrogens with two attached hydrogens (primary N) is 1. The van der Waals surface area contributed by atoms with Crippen LogP contribution in [0.3, 0.4) is 0 Å². The van der Waals surface area contributed by atoms with E-state index in [0.29, 0.717) is 11.6 Å². The van der Waals surface area contributed by atoms with Gasteiger partial charge in [-0.2, -0.15) is 4.31 Å². The molecule has 1 amide bonds. The number of carbonyl (C=O) groups excluding carboxylic acids is 1. The third-order valence-electron chi connectivity index (χ3n) is 5.00. The van der Waals surface area contributed by atoms with E-state index in [1.54, 1.807) is 19.2 Å². The highest BCUT2D eigenvalue weighted by Crippen LogP contribution is 2.19. The summed E-state index contributed by atoms with van der Waals surface area (Å²) in [5.41, 5.74) is 1.77. The molecule has 158 valence electrons. The summed E-state index contributed by atoms with van der Waals surface area (Å²) < 4.78 is 26.4. The molecule has 0 saturated heterocycles. The van der Waals surface area contributed by atoms with Gasteiger partial charge in [0, 0.05) is 30.3 Å². The zero-order valence-corrected chi connectivity index (χ0v) is 18.6. The Labute approximate surface area is 174 Å². The summed E-state index contributed by atoms with van der Waals surface area (Å²) in [6.07, 6.45) is 0. The molecule has 29 heavy (non-hydrogen) atoms. The number of amides is 1. The summed E-state index contributed by atoms with van der Waals surface area (Å²) in [6, 6.07) is 16.5. The molecule has 0 fully saturated rings. The van der Waals surface area contributed by atoms with Crippen LogP contribution in [0.15, 0.2) is 59.5 Å². The molecule has 7 heteroatoms. The predicted molar refractivity (Wildman–Crippen MR) is 116 cm³/mol. The summed E-state index contributed by atoms with van der Waals surface area (Å²) >= 11 is 0. The number of hydrogen-bond donors (Lipinski definition) is 2. The third-order valence-corrected chi connectivity index (χ3v) is 7.05. The number of nitrogens with zero attached hydrogens (tertiary/aromatic N) is 1. The van der Waals surface area contributed by atoms with E-state index < -0.39 is 10.0 Å². The van der Waals surface area contributed by atoms with Crippen LogP contribution in [0.2, 0.25) is 0 Å². The van der Waals surface area contributed by atoms with Crippen molar-refractivity contribution in [2.24, 2.45) is 5.92 Å². The number of nitrogens with one attached hydrogen (secondary N) is 1. The Morgan fingerprint density at radius 3 is 2.10 bits per heavy atom. The lowest BCUT2D eigenvalue weighted by Crippen LogP contribution is -2.88. The standard InChI is InChI=1S/C22H31N3O3S/c1-16(2)22(18-9-7-6-8-10-18)23-15-21(26)24-19-11-13-20(14-12-19)29(27,28)25(5)17(3)4/h6-14,16-17,22-23H,15H2,1-5H3,(H,24,26)/p+1/t22-/m1/s1. The maximum Gasteiger partial charge on any atom is 0.279 e. The van der Waals surface area contributed by atoms with Crippen molar-refractivity contribution in [3.05, 3.63) is 60.2 Å². The van der Waals surface area contributed by atoms with E-state index in [-0.39, 0.29) is 29.4 Å². The molecule has 0 heterocycles. The zero-order valence-electron chi connectivity index (χ0n) is 17.8. The molecule has 0 bridgehead atoms. The Morgan fingerprint density at radius 1 is 1.00 bits per heavy atom. The summed E-state index contributed by atoms with van der Waals surface area (Å²) in [4.78, 5) is 12.6. The Hall–Kier alpha value is -2.22. The molecule has 6 nitrogen and oxygen atoms in total. The minimum absolute atomic E-state index is 0.124. The van der Waals surface area contributed by atoms with E-state index in [2.05, 4.69) is 31.3 Å². The highest BCUT2D eigenvalue weighted by molar-refractivity contribution is 7.89. The first-order valence-electron chi connectivity index (χ1n) is 9.89. The molecule has 0 aliphatic carbocycles. The van der Waals surface area contributed by atoms with E-state index in [1.165, 1.54) is 22.0 Å². The normalized spacial score (nSPS) is 13.1. The van der Waals surface area contributed by atoms with Gasteiger partial charge in [-0.25, -0.2) is 8.42 Å². The van der Waals surface area contributed by atoms with Crippen molar-refractivity contribution in [3.63, 3.8) is 0 Å². The number of sulfonamides is 1. The van der Waals surface area contributed by atoms with E-state index >= 15 is 0 Å². The number of anilines is 1. The molecule has 0 aliphatic rings. The molecule has 1 atom stereocenters. The number of rotatable bonds is 9. The lowest BCUT2D eigenvalue weighted by atomic mass is 9.96. The summed E-state index contributed by atoms with van der Waals surface area (Å²) in [7, 11) is -1.97. The monoisotopic (exact) mass is 418 g/mol. The van der Waals surface area contributed by atoms with Crippen molar-refractivity contribution in [1.82, 2.24) is 4.31 Å². The van der Waals surface area contributed by atoms with Crippen molar-refractivity contribution in [2.45, 2.75) is 44.7 Å². The van der Waals surface area contributed by atoms with Gasteiger partial charge < -0.3 is 10.6 Å². The first-order valence-corrected chi connectivity index (χ1v) is 11.3. The maximum atomic E-state index is 12.5. The smallest absolute Gasteiger partial charge is 0.279 e. The van der Waals surface area contributed by atoms with Crippen molar-refractivity contribution < 1.29 is 18.5 Å². The van der Waals surface area contributed by atoms with Crippen LogP contribution < -0.4 is 10.6 Å². The molecule has 0 saturated carbocycles. The lowest BCUT2D eigenvalue weighted by molar-refractivity contribution is -0.692. The highest BCUT2D eigenvalue weighted by Gasteiger charge is 2.23. The Kier molecular flexibility index (Phi) is 7.96. The van der Waals surface area contributed by atoms with E-state index in [4.69, 9.17) is 0 Å². The van der Waals surface area contributed by atoms with Crippen LogP contribution in [0.25, 0.3) is 0 Å². The molecule has 0 aromatic heterocycles. The SMILES string of the molecule is CC(C)[C@@H]([NH2+]CC(=O)Nc1ccc(S(=O)(=O)N(C)C(C)C)cc1)c1ccccc1. The van der Waals surface area contributed by atoms with Gasteiger partial charge in [-0.15, -0.1) is 0 Å². The molecule has 0 aliphatic heterocycles. The molecule has 3 N–H and O–H groups in total. The van der Waals surface area contributed by atoms with Gasteiger partial charge in [0.25, 0.3) is 5.91 Å². The first kappa shape index (κ1) is 23.1. The number of hydrogen-bond acceptors (Lipinski definition) is 3. The summed E-state index contributed by atoms with van der Waals surface area (Å²) in [5.74, 6) is 0.258. The van der Waals surface area contributed by atoms with Gasteiger partial charge in [-0.1, -0.05) is 44.2 Å². The maximum absolute atomic E-state index is 12.5. The minimum atomic E-state index is -3.53. The minimum Gasteiger partial charge on any atom is -0.332 e. The van der Waals surface area contributed by atoms with Crippen molar-refractivity contribution >= 4 is 21.6 Å². The van der Waals surface area contributed by atoms with Crippen LogP contribution in [-0.4, -0.2) is 38.3 Å². The van der Waals surface area contributed by atoms with Crippen LogP contribution in [-0.2, 0) is 14.8 Å². The lowest BCUT2D eigenvalue weighted by Gasteiger charge is -2.21. The number of benzene rings is 2. The number of quaternary nitrogens is 1. The molecular weight excluding hydrogens is 386 g/mol. The van der Waals surface area contributed by atoms with Crippen molar-refractivity contribution in [3.8, 4) is 0 Å². The second-order valence-corrected chi connectivity index (χ2v) is 9.81. The van der Waals surface area contributed by atoms with Gasteiger partial charge >= 0.3 is 0 Å². The van der Waals surface area contributed by atoms with Crippen LogP contribution in [0.1, 0.15) is 39.3 Å². The van der Waals surface area contributed by atoms with E-state index in [0.717, 1.165) is 0 Å². The topological polar surface area (TPSA) is 83.1 Å². The van der Waals surface area contributed by atoms with E-state index in [9.17, 15) is 13.2 Å². The zero-order chi connectivity index (χ0) is 21.6. The second kappa shape index (κ2) is 10.0. The van der Waals surface area contributed by atoms with Gasteiger partial charge in [0.2, 0.25) is 10.0 Å². The van der Waals surface area contributed by atoms with Gasteiger partial charge in [-0.05, 0) is 38.1 Å². The van der Waals surface area contributed by atoms with Crippen LogP contribution in [0.5, 0.6) is 0 Å². The number of carbonyl (C=O) groups is 1. The third kappa shape index (κ3) is 6.13.